The average Bonchev–Trinajstić information content (AvgIpc) is 2.47. The van der Waals surface area contributed by atoms with Crippen molar-refractivity contribution in [3.8, 4) is 0 Å². The molecule has 0 saturated carbocycles. The van der Waals surface area contributed by atoms with Gasteiger partial charge in [0.05, 0.1) is 0 Å². The van der Waals surface area contributed by atoms with Crippen LogP contribution < -0.4 is 10.6 Å². The van der Waals surface area contributed by atoms with Crippen LogP contribution in [0, 0.1) is 6.92 Å². The fraction of sp³-hybridized carbons (Fsp3) is 0.500. The van der Waals surface area contributed by atoms with Gasteiger partial charge >= 0.3 is 12.0 Å². The lowest BCUT2D eigenvalue weighted by atomic mass is 10.1. The van der Waals surface area contributed by atoms with Crippen molar-refractivity contribution in [1.82, 2.24) is 10.6 Å². The first-order chi connectivity index (χ1) is 11.5. The lowest BCUT2D eigenvalue weighted by Crippen LogP contribution is -2.50. The van der Waals surface area contributed by atoms with Crippen LogP contribution in [0.1, 0.15) is 40.2 Å². The number of benzene rings is 1. The molecule has 25 heavy (non-hydrogen) atoms. The Morgan fingerprint density at radius 3 is 2.16 bits per heavy atom. The Morgan fingerprint density at radius 2 is 1.64 bits per heavy atom. The number of amides is 3. The van der Waals surface area contributed by atoms with Crippen LogP contribution in [-0.2, 0) is 14.3 Å². The van der Waals surface area contributed by atoms with Crippen LogP contribution in [0.3, 0.4) is 0 Å². The third kappa shape index (κ3) is 8.07. The van der Waals surface area contributed by atoms with E-state index in [9.17, 15) is 14.4 Å². The minimum Gasteiger partial charge on any atom is -0.452 e. The quantitative estimate of drug-likeness (QED) is 0.618. The fourth-order valence-corrected chi connectivity index (χ4v) is 2.63. The topological polar surface area (TPSA) is 84.5 Å². The van der Waals surface area contributed by atoms with E-state index in [0.717, 1.165) is 10.5 Å². The van der Waals surface area contributed by atoms with Crippen molar-refractivity contribution in [3.05, 3.63) is 29.8 Å². The summed E-state index contributed by atoms with van der Waals surface area (Å²) in [6, 6.07) is 7.16. The summed E-state index contributed by atoms with van der Waals surface area (Å²) < 4.78 is 5.15. The van der Waals surface area contributed by atoms with Crippen LogP contribution in [0.15, 0.2) is 29.2 Å². The zero-order valence-corrected chi connectivity index (χ0v) is 16.3. The smallest absolute Gasteiger partial charge is 0.321 e. The summed E-state index contributed by atoms with van der Waals surface area (Å²) in [7, 11) is 0. The van der Waals surface area contributed by atoms with E-state index in [1.807, 2.05) is 31.2 Å². The molecule has 3 amide bonds. The summed E-state index contributed by atoms with van der Waals surface area (Å²) in [5, 5.41) is 4.30. The Balaban J connectivity index is 2.50. The van der Waals surface area contributed by atoms with E-state index in [0.29, 0.717) is 0 Å². The second kappa shape index (κ2) is 8.89. The molecular weight excluding hydrogens is 340 g/mol. The van der Waals surface area contributed by atoms with Gasteiger partial charge in [-0.15, -0.1) is 11.8 Å². The zero-order chi connectivity index (χ0) is 19.2. The van der Waals surface area contributed by atoms with Gasteiger partial charge < -0.3 is 10.1 Å². The van der Waals surface area contributed by atoms with Gasteiger partial charge in [-0.25, -0.2) is 4.79 Å². The van der Waals surface area contributed by atoms with E-state index in [1.165, 1.54) is 18.7 Å². The highest BCUT2D eigenvalue weighted by molar-refractivity contribution is 8.00. The number of aryl methyl sites for hydroxylation is 1. The van der Waals surface area contributed by atoms with Gasteiger partial charge in [0.15, 0.2) is 6.10 Å². The molecule has 1 rings (SSSR count). The highest BCUT2D eigenvalue weighted by Gasteiger charge is 2.24. The Labute approximate surface area is 153 Å². The molecule has 0 unspecified atom stereocenters. The maximum Gasteiger partial charge on any atom is 0.321 e. The predicted octanol–water partition coefficient (Wildman–Crippen LogP) is 3.03. The summed E-state index contributed by atoms with van der Waals surface area (Å²) >= 11 is 1.35. The van der Waals surface area contributed by atoms with E-state index < -0.39 is 34.8 Å². The summed E-state index contributed by atoms with van der Waals surface area (Å²) in [5.41, 5.74) is 0.669. The molecule has 0 bridgehead atoms. The number of hydrogen-bond acceptors (Lipinski definition) is 5. The fourth-order valence-electron chi connectivity index (χ4n) is 1.78. The molecule has 2 atom stereocenters. The number of hydrogen-bond donors (Lipinski definition) is 2. The van der Waals surface area contributed by atoms with Gasteiger partial charge in [-0.1, -0.05) is 17.7 Å². The molecule has 138 valence electrons. The van der Waals surface area contributed by atoms with Crippen LogP contribution in [0.5, 0.6) is 0 Å². The van der Waals surface area contributed by atoms with E-state index in [4.69, 9.17) is 4.74 Å². The number of thioether (sulfide) groups is 1. The third-order valence-corrected chi connectivity index (χ3v) is 4.14. The molecule has 6 nitrogen and oxygen atoms in total. The first-order valence-electron chi connectivity index (χ1n) is 8.05. The van der Waals surface area contributed by atoms with E-state index in [1.54, 1.807) is 27.7 Å². The Bertz CT molecular complexity index is 623. The van der Waals surface area contributed by atoms with Crippen molar-refractivity contribution in [1.29, 1.82) is 0 Å². The maximum atomic E-state index is 12.1. The molecule has 0 radical (unpaired) electrons. The van der Waals surface area contributed by atoms with Gasteiger partial charge in [-0.05, 0) is 53.7 Å². The maximum absolute atomic E-state index is 12.1. The highest BCUT2D eigenvalue weighted by Crippen LogP contribution is 2.24. The highest BCUT2D eigenvalue weighted by atomic mass is 32.2. The largest absolute Gasteiger partial charge is 0.452 e. The molecule has 0 heterocycles. The first kappa shape index (κ1) is 21.0. The van der Waals surface area contributed by atoms with Crippen LogP contribution in [0.2, 0.25) is 0 Å². The number of nitrogens with one attached hydrogen (secondary N) is 2. The van der Waals surface area contributed by atoms with Crippen molar-refractivity contribution in [3.63, 3.8) is 0 Å². The number of urea groups is 1. The van der Waals surface area contributed by atoms with E-state index in [2.05, 4.69) is 10.6 Å². The van der Waals surface area contributed by atoms with Gasteiger partial charge in [-0.2, -0.15) is 0 Å². The Kier molecular flexibility index (Phi) is 7.48. The Morgan fingerprint density at radius 1 is 1.08 bits per heavy atom. The second-order valence-corrected chi connectivity index (χ2v) is 8.26. The number of carbonyl (C=O) groups is 3. The number of imide groups is 1. The number of rotatable bonds is 5. The molecule has 2 N–H and O–H groups in total. The zero-order valence-electron chi connectivity index (χ0n) is 15.5. The SMILES string of the molecule is Cc1ccc(S[C@H](C)C(=O)O[C@@H](C)C(=O)NC(=O)NC(C)(C)C)cc1. The van der Waals surface area contributed by atoms with E-state index in [-0.39, 0.29) is 0 Å². The van der Waals surface area contributed by atoms with E-state index >= 15 is 0 Å². The predicted molar refractivity (Wildman–Crippen MR) is 98.5 cm³/mol. The van der Waals surface area contributed by atoms with Crippen molar-refractivity contribution in [2.75, 3.05) is 0 Å². The molecular formula is C18H26N2O4S. The molecule has 0 aliphatic heterocycles. The lowest BCUT2D eigenvalue weighted by Gasteiger charge is -2.21. The van der Waals surface area contributed by atoms with Gasteiger partial charge in [-0.3, -0.25) is 14.9 Å². The molecule has 0 fully saturated rings. The minimum atomic E-state index is -1.06. The van der Waals surface area contributed by atoms with Crippen LogP contribution in [0.25, 0.3) is 0 Å². The minimum absolute atomic E-state index is 0.469. The van der Waals surface area contributed by atoms with Gasteiger partial charge in [0, 0.05) is 10.4 Å². The van der Waals surface area contributed by atoms with Crippen molar-refractivity contribution in [2.24, 2.45) is 0 Å². The summed E-state index contributed by atoms with van der Waals surface area (Å²) in [6.07, 6.45) is -1.06. The third-order valence-electron chi connectivity index (χ3n) is 3.05. The molecule has 0 aliphatic rings. The van der Waals surface area contributed by atoms with Crippen LogP contribution in [0.4, 0.5) is 4.79 Å². The molecule has 1 aromatic rings. The normalized spacial score (nSPS) is 13.5. The van der Waals surface area contributed by atoms with Crippen LogP contribution >= 0.6 is 11.8 Å². The van der Waals surface area contributed by atoms with Gasteiger partial charge in [0.2, 0.25) is 0 Å². The summed E-state index contributed by atoms with van der Waals surface area (Å²) in [4.78, 5) is 36.7. The summed E-state index contributed by atoms with van der Waals surface area (Å²) in [5.74, 6) is -1.17. The van der Waals surface area contributed by atoms with Crippen molar-refractivity contribution >= 4 is 29.7 Å². The molecule has 0 aliphatic carbocycles. The molecule has 7 heteroatoms. The average molecular weight is 366 g/mol. The molecule has 0 saturated heterocycles. The lowest BCUT2D eigenvalue weighted by molar-refractivity contribution is -0.153. The molecule has 0 spiro atoms. The van der Waals surface area contributed by atoms with Gasteiger partial charge in [0.25, 0.3) is 5.91 Å². The van der Waals surface area contributed by atoms with Crippen LogP contribution in [-0.4, -0.2) is 34.8 Å². The molecule has 1 aromatic carbocycles. The Hall–Kier alpha value is -2.02. The summed E-state index contributed by atoms with van der Waals surface area (Å²) in [6.45, 7) is 10.5. The molecule has 0 aromatic heterocycles. The first-order valence-corrected chi connectivity index (χ1v) is 8.93. The number of esters is 1. The standard InChI is InChI=1S/C18H26N2O4S/c1-11-7-9-14(10-8-11)25-13(3)16(22)24-12(2)15(21)19-17(23)20-18(4,5)6/h7-10,12-13H,1-6H3,(H2,19,20,21,23)/t12-,13+/m0/s1. The van der Waals surface area contributed by atoms with Crippen molar-refractivity contribution in [2.45, 2.75) is 63.3 Å². The number of carbonyl (C=O) groups excluding carboxylic acids is 3. The number of ether oxygens (including phenoxy) is 1. The second-order valence-electron chi connectivity index (χ2n) is 6.85. The van der Waals surface area contributed by atoms with Crippen molar-refractivity contribution < 1.29 is 19.1 Å². The monoisotopic (exact) mass is 366 g/mol. The van der Waals surface area contributed by atoms with Gasteiger partial charge in [0.1, 0.15) is 5.25 Å².